The Kier molecular flexibility index (Phi) is 7.91. The molecule has 0 aromatic heterocycles. The van der Waals surface area contributed by atoms with Crippen molar-refractivity contribution in [3.8, 4) is 5.75 Å². The molecule has 1 N–H and O–H groups in total. The van der Waals surface area contributed by atoms with Gasteiger partial charge in [0.2, 0.25) is 5.91 Å². The Morgan fingerprint density at radius 2 is 1.97 bits per heavy atom. The quantitative estimate of drug-likeness (QED) is 0.639. The molecule has 1 aliphatic rings. The van der Waals surface area contributed by atoms with E-state index in [0.29, 0.717) is 36.1 Å². The van der Waals surface area contributed by atoms with Crippen LogP contribution in [0.25, 0.3) is 0 Å². The van der Waals surface area contributed by atoms with Crippen LogP contribution < -0.4 is 10.1 Å². The molecule has 2 aromatic rings. The van der Waals surface area contributed by atoms with Crippen molar-refractivity contribution in [2.75, 3.05) is 13.3 Å². The normalized spacial score (nSPS) is 18.9. The molecule has 3 rings (SSSR count). The van der Waals surface area contributed by atoms with E-state index in [1.165, 1.54) is 19.1 Å². The van der Waals surface area contributed by atoms with Crippen LogP contribution in [0, 0.1) is 5.82 Å². The van der Waals surface area contributed by atoms with Crippen molar-refractivity contribution in [1.82, 2.24) is 15.1 Å². The SMILES string of the molecule is CC(=O)NCc1cc(Cl)ccc1OCN1C[C@H](C)N(Cc2ccc(F)cc2)C(=C=O)[C@H]1C. The van der Waals surface area contributed by atoms with Crippen LogP contribution in [0.5, 0.6) is 5.75 Å². The lowest BCUT2D eigenvalue weighted by Gasteiger charge is -2.45. The monoisotopic (exact) mass is 459 g/mol. The summed E-state index contributed by atoms with van der Waals surface area (Å²) in [5, 5.41) is 3.31. The van der Waals surface area contributed by atoms with E-state index >= 15 is 0 Å². The molecule has 1 saturated heterocycles. The highest BCUT2D eigenvalue weighted by atomic mass is 35.5. The van der Waals surface area contributed by atoms with Crippen LogP contribution in [0.3, 0.4) is 0 Å². The van der Waals surface area contributed by atoms with E-state index < -0.39 is 0 Å². The number of ether oxygens (including phenoxy) is 1. The summed E-state index contributed by atoms with van der Waals surface area (Å²) in [4.78, 5) is 27.2. The van der Waals surface area contributed by atoms with E-state index in [-0.39, 0.29) is 30.5 Å². The molecular formula is C24H27ClFN3O3. The lowest BCUT2D eigenvalue weighted by atomic mass is 10.0. The summed E-state index contributed by atoms with van der Waals surface area (Å²) in [6.07, 6.45) is 0. The summed E-state index contributed by atoms with van der Waals surface area (Å²) >= 11 is 6.10. The highest BCUT2D eigenvalue weighted by molar-refractivity contribution is 6.30. The Balaban J connectivity index is 1.70. The Bertz CT molecular complexity index is 1010. The van der Waals surface area contributed by atoms with Gasteiger partial charge >= 0.3 is 0 Å². The lowest BCUT2D eigenvalue weighted by molar-refractivity contribution is -0.119. The molecule has 0 radical (unpaired) electrons. The molecule has 32 heavy (non-hydrogen) atoms. The number of piperazine rings is 1. The van der Waals surface area contributed by atoms with Gasteiger partial charge in [-0.1, -0.05) is 23.7 Å². The molecular weight excluding hydrogens is 433 g/mol. The van der Waals surface area contributed by atoms with Gasteiger partial charge in [-0.3, -0.25) is 9.69 Å². The summed E-state index contributed by atoms with van der Waals surface area (Å²) in [6, 6.07) is 11.4. The third kappa shape index (κ3) is 5.88. The average molecular weight is 460 g/mol. The summed E-state index contributed by atoms with van der Waals surface area (Å²) < 4.78 is 19.3. The van der Waals surface area contributed by atoms with Crippen LogP contribution in [0.4, 0.5) is 4.39 Å². The summed E-state index contributed by atoms with van der Waals surface area (Å²) in [6.45, 7) is 7.16. The molecule has 2 aromatic carbocycles. The van der Waals surface area contributed by atoms with Crippen LogP contribution in [0.1, 0.15) is 31.9 Å². The van der Waals surface area contributed by atoms with Crippen molar-refractivity contribution in [2.45, 2.75) is 45.9 Å². The van der Waals surface area contributed by atoms with Crippen LogP contribution >= 0.6 is 11.6 Å². The number of hydrogen-bond donors (Lipinski definition) is 1. The van der Waals surface area contributed by atoms with E-state index in [9.17, 15) is 14.0 Å². The number of amides is 1. The van der Waals surface area contributed by atoms with Crippen molar-refractivity contribution >= 4 is 23.4 Å². The van der Waals surface area contributed by atoms with Crippen molar-refractivity contribution < 1.29 is 18.7 Å². The third-order valence-electron chi connectivity index (χ3n) is 5.59. The molecule has 0 saturated carbocycles. The van der Waals surface area contributed by atoms with Gasteiger partial charge in [0.1, 0.15) is 29.9 Å². The first-order valence-corrected chi connectivity index (χ1v) is 10.8. The molecule has 1 amide bonds. The molecule has 0 bridgehead atoms. The van der Waals surface area contributed by atoms with Crippen molar-refractivity contribution in [3.63, 3.8) is 0 Å². The van der Waals surface area contributed by atoms with Crippen LogP contribution in [-0.2, 0) is 22.7 Å². The van der Waals surface area contributed by atoms with Crippen molar-refractivity contribution in [2.24, 2.45) is 0 Å². The second-order valence-electron chi connectivity index (χ2n) is 7.97. The molecule has 0 aliphatic carbocycles. The topological polar surface area (TPSA) is 61.9 Å². The van der Waals surface area contributed by atoms with E-state index in [1.54, 1.807) is 30.3 Å². The Morgan fingerprint density at radius 3 is 2.62 bits per heavy atom. The highest BCUT2D eigenvalue weighted by Gasteiger charge is 2.34. The molecule has 170 valence electrons. The molecule has 8 heteroatoms. The first kappa shape index (κ1) is 23.8. The number of halogens is 2. The smallest absolute Gasteiger partial charge is 0.217 e. The van der Waals surface area contributed by atoms with Gasteiger partial charge in [0.25, 0.3) is 0 Å². The largest absolute Gasteiger partial charge is 0.478 e. The fraction of sp³-hybridized carbons (Fsp3) is 0.375. The standard InChI is InChI=1S/C24H27ClFN3O3/c1-16-12-28(15-32-24-9-6-21(25)10-20(24)11-27-18(3)31)17(2)23(14-30)29(16)13-19-4-7-22(26)8-5-19/h4-10,16-17H,11-13,15H2,1-3H3,(H,27,31)/t16-,17+/m0/s1. The van der Waals surface area contributed by atoms with Crippen LogP contribution in [0.15, 0.2) is 48.2 Å². The molecule has 1 aliphatic heterocycles. The summed E-state index contributed by atoms with van der Waals surface area (Å²) in [5.74, 6) is 2.29. The first-order chi connectivity index (χ1) is 15.3. The van der Waals surface area contributed by atoms with Gasteiger partial charge in [-0.15, -0.1) is 0 Å². The maximum absolute atomic E-state index is 13.2. The number of nitrogens with one attached hydrogen (secondary N) is 1. The maximum Gasteiger partial charge on any atom is 0.217 e. The second-order valence-corrected chi connectivity index (χ2v) is 8.41. The summed E-state index contributed by atoms with van der Waals surface area (Å²) in [7, 11) is 0. The van der Waals surface area contributed by atoms with Gasteiger partial charge in [0.05, 0.1) is 6.04 Å². The zero-order valence-corrected chi connectivity index (χ0v) is 19.2. The Hall–Kier alpha value is -2.86. The number of rotatable bonds is 7. The molecule has 1 fully saturated rings. The predicted octanol–water partition coefficient (Wildman–Crippen LogP) is 3.76. The van der Waals surface area contributed by atoms with Crippen LogP contribution in [0.2, 0.25) is 5.02 Å². The zero-order valence-electron chi connectivity index (χ0n) is 18.4. The van der Waals surface area contributed by atoms with Gasteiger partial charge < -0.3 is 15.0 Å². The Morgan fingerprint density at radius 1 is 1.25 bits per heavy atom. The van der Waals surface area contributed by atoms with E-state index in [2.05, 4.69) is 16.2 Å². The van der Waals surface area contributed by atoms with Gasteiger partial charge in [-0.25, -0.2) is 9.18 Å². The van der Waals surface area contributed by atoms with E-state index in [0.717, 1.165) is 11.1 Å². The molecule has 0 unspecified atom stereocenters. The van der Waals surface area contributed by atoms with E-state index in [4.69, 9.17) is 16.3 Å². The molecule has 0 spiro atoms. The predicted molar refractivity (Wildman–Crippen MR) is 121 cm³/mol. The average Bonchev–Trinajstić information content (AvgIpc) is 2.76. The third-order valence-corrected chi connectivity index (χ3v) is 5.83. The van der Waals surface area contributed by atoms with Crippen molar-refractivity contribution in [3.05, 3.63) is 70.1 Å². The minimum atomic E-state index is -0.289. The first-order valence-electron chi connectivity index (χ1n) is 10.4. The van der Waals surface area contributed by atoms with Gasteiger partial charge in [-0.05, 0) is 49.7 Å². The summed E-state index contributed by atoms with van der Waals surface area (Å²) in [5.41, 5.74) is 2.23. The fourth-order valence-corrected chi connectivity index (χ4v) is 3.98. The highest BCUT2D eigenvalue weighted by Crippen LogP contribution is 2.27. The number of benzene rings is 2. The number of carbonyl (C=O) groups is 1. The zero-order chi connectivity index (χ0) is 23.3. The van der Waals surface area contributed by atoms with Gasteiger partial charge in [-0.2, -0.15) is 0 Å². The number of hydrogen-bond acceptors (Lipinski definition) is 5. The second kappa shape index (κ2) is 10.6. The minimum Gasteiger partial charge on any atom is -0.478 e. The van der Waals surface area contributed by atoms with E-state index in [1.807, 2.05) is 18.7 Å². The van der Waals surface area contributed by atoms with Gasteiger partial charge in [0, 0.05) is 43.2 Å². The molecule has 2 atom stereocenters. The Labute approximate surface area is 192 Å². The molecule has 6 nitrogen and oxygen atoms in total. The van der Waals surface area contributed by atoms with Gasteiger partial charge in [0.15, 0.2) is 0 Å². The number of carbonyl (C=O) groups excluding carboxylic acids is 2. The fourth-order valence-electron chi connectivity index (χ4n) is 3.78. The maximum atomic E-state index is 13.2. The van der Waals surface area contributed by atoms with Crippen LogP contribution in [-0.4, -0.2) is 47.0 Å². The number of nitrogens with zero attached hydrogens (tertiary/aromatic N) is 2. The minimum absolute atomic E-state index is 0.0281. The van der Waals surface area contributed by atoms with Crippen molar-refractivity contribution in [1.29, 1.82) is 0 Å². The molecule has 1 heterocycles. The lowest BCUT2D eigenvalue weighted by Crippen LogP contribution is -2.55.